The lowest BCUT2D eigenvalue weighted by Crippen LogP contribution is -2.42. The van der Waals surface area contributed by atoms with Gasteiger partial charge in [0.05, 0.1) is 20.0 Å². The molecule has 17 heavy (non-hydrogen) atoms. The summed E-state index contributed by atoms with van der Waals surface area (Å²) < 4.78 is 6.07. The smallest absolute Gasteiger partial charge is 0.231 e. The summed E-state index contributed by atoms with van der Waals surface area (Å²) in [6.45, 7) is 11.3. The van der Waals surface area contributed by atoms with Crippen molar-refractivity contribution in [3.63, 3.8) is 0 Å². The van der Waals surface area contributed by atoms with E-state index in [4.69, 9.17) is 4.74 Å². The van der Waals surface area contributed by atoms with Gasteiger partial charge in [0.25, 0.3) is 0 Å². The van der Waals surface area contributed by atoms with Gasteiger partial charge in [0, 0.05) is 0 Å². The standard InChI is InChI=1S/C13H26N2OSi/c1-6-7-8-9-13(17(3,4)5)16-12-10-14-11(2)15-12/h10,13H,6-9H2,1-5H3,(H,14,15). The lowest BCUT2D eigenvalue weighted by atomic mass is 10.2. The molecule has 1 atom stereocenters. The number of nitrogens with zero attached hydrogens (tertiary/aromatic N) is 1. The van der Waals surface area contributed by atoms with Crippen LogP contribution >= 0.6 is 0 Å². The number of imidazole rings is 1. The van der Waals surface area contributed by atoms with Crippen molar-refractivity contribution in [3.05, 3.63) is 12.0 Å². The molecule has 0 spiro atoms. The summed E-state index contributed by atoms with van der Waals surface area (Å²) in [5, 5.41) is 0. The minimum atomic E-state index is -1.29. The summed E-state index contributed by atoms with van der Waals surface area (Å²) in [6.07, 6.45) is 6.84. The predicted octanol–water partition coefficient (Wildman–Crippen LogP) is 3.92. The van der Waals surface area contributed by atoms with E-state index in [-0.39, 0.29) is 0 Å². The van der Waals surface area contributed by atoms with Crippen molar-refractivity contribution in [2.24, 2.45) is 0 Å². The third kappa shape index (κ3) is 4.94. The summed E-state index contributed by atoms with van der Waals surface area (Å²) in [5.41, 5.74) is 0.372. The lowest BCUT2D eigenvalue weighted by Gasteiger charge is -2.28. The van der Waals surface area contributed by atoms with Gasteiger partial charge in [-0.2, -0.15) is 4.98 Å². The Balaban J connectivity index is 2.57. The number of aromatic amines is 1. The van der Waals surface area contributed by atoms with E-state index in [1.54, 1.807) is 0 Å². The summed E-state index contributed by atoms with van der Waals surface area (Å²) in [7, 11) is -1.29. The van der Waals surface area contributed by atoms with E-state index >= 15 is 0 Å². The molecule has 0 bridgehead atoms. The number of nitrogens with one attached hydrogen (secondary N) is 1. The van der Waals surface area contributed by atoms with Gasteiger partial charge in [-0.25, -0.2) is 0 Å². The number of rotatable bonds is 7. The molecule has 0 aromatic carbocycles. The SMILES string of the molecule is CCCCCC(Oc1c[nH]c(C)n1)[Si](C)(C)C. The van der Waals surface area contributed by atoms with Gasteiger partial charge in [0.15, 0.2) is 0 Å². The van der Waals surface area contributed by atoms with E-state index in [9.17, 15) is 0 Å². The molecule has 1 N–H and O–H groups in total. The molecule has 0 radical (unpaired) electrons. The molecule has 0 fully saturated rings. The number of aryl methyl sites for hydroxylation is 1. The third-order valence-corrected chi connectivity index (χ3v) is 5.32. The molecular weight excluding hydrogens is 228 g/mol. The highest BCUT2D eigenvalue weighted by atomic mass is 28.3. The first-order chi connectivity index (χ1) is 7.93. The highest BCUT2D eigenvalue weighted by Gasteiger charge is 2.28. The molecule has 1 rings (SSSR count). The molecule has 98 valence electrons. The monoisotopic (exact) mass is 254 g/mol. The molecule has 0 saturated carbocycles. The zero-order chi connectivity index (χ0) is 12.9. The van der Waals surface area contributed by atoms with Crippen LogP contribution in [-0.2, 0) is 0 Å². The average Bonchev–Trinajstić information content (AvgIpc) is 2.61. The van der Waals surface area contributed by atoms with Crippen LogP contribution in [0.3, 0.4) is 0 Å². The number of hydrogen-bond acceptors (Lipinski definition) is 2. The maximum Gasteiger partial charge on any atom is 0.231 e. The number of H-pyrrole nitrogens is 1. The van der Waals surface area contributed by atoms with Gasteiger partial charge in [-0.15, -0.1) is 0 Å². The summed E-state index contributed by atoms with van der Waals surface area (Å²) in [5.74, 6) is 1.68. The first-order valence-electron chi connectivity index (χ1n) is 6.62. The number of hydrogen-bond donors (Lipinski definition) is 1. The van der Waals surface area contributed by atoms with E-state index in [1.165, 1.54) is 19.3 Å². The molecule has 1 unspecified atom stereocenters. The van der Waals surface area contributed by atoms with E-state index in [2.05, 4.69) is 36.5 Å². The predicted molar refractivity (Wildman–Crippen MR) is 75.2 cm³/mol. The largest absolute Gasteiger partial charge is 0.477 e. The Morgan fingerprint density at radius 2 is 2.06 bits per heavy atom. The molecule has 1 aromatic rings. The molecule has 1 aromatic heterocycles. The van der Waals surface area contributed by atoms with Gasteiger partial charge < -0.3 is 9.72 Å². The first kappa shape index (κ1) is 14.3. The van der Waals surface area contributed by atoms with Crippen molar-refractivity contribution in [2.75, 3.05) is 0 Å². The topological polar surface area (TPSA) is 37.9 Å². The Morgan fingerprint density at radius 1 is 1.35 bits per heavy atom. The molecule has 0 amide bonds. The van der Waals surface area contributed by atoms with E-state index in [1.807, 2.05) is 13.1 Å². The van der Waals surface area contributed by atoms with E-state index < -0.39 is 8.07 Å². The normalized spacial score (nSPS) is 13.7. The third-order valence-electron chi connectivity index (χ3n) is 2.98. The van der Waals surface area contributed by atoms with Crippen molar-refractivity contribution in [3.8, 4) is 5.88 Å². The van der Waals surface area contributed by atoms with Gasteiger partial charge >= 0.3 is 0 Å². The second-order valence-electron chi connectivity index (χ2n) is 5.79. The van der Waals surface area contributed by atoms with Crippen LogP contribution in [0.25, 0.3) is 0 Å². The molecule has 4 heteroatoms. The van der Waals surface area contributed by atoms with Crippen molar-refractivity contribution >= 4 is 8.07 Å². The molecular formula is C13H26N2OSi. The molecule has 1 heterocycles. The first-order valence-corrected chi connectivity index (χ1v) is 10.2. The average molecular weight is 254 g/mol. The maximum atomic E-state index is 6.07. The van der Waals surface area contributed by atoms with Crippen molar-refractivity contribution in [2.45, 2.75) is 64.9 Å². The van der Waals surface area contributed by atoms with Crippen LogP contribution in [0.1, 0.15) is 38.4 Å². The Kier molecular flexibility index (Phi) is 5.24. The fourth-order valence-electron chi connectivity index (χ4n) is 1.85. The van der Waals surface area contributed by atoms with E-state index in [0.29, 0.717) is 5.73 Å². The van der Waals surface area contributed by atoms with Crippen LogP contribution in [-0.4, -0.2) is 23.8 Å². The van der Waals surface area contributed by atoms with Gasteiger partial charge in [-0.3, -0.25) is 0 Å². The van der Waals surface area contributed by atoms with Gasteiger partial charge in [0.2, 0.25) is 5.88 Å². The van der Waals surface area contributed by atoms with Crippen molar-refractivity contribution in [1.29, 1.82) is 0 Å². The summed E-state index contributed by atoms with van der Waals surface area (Å²) in [4.78, 5) is 7.41. The highest BCUT2D eigenvalue weighted by Crippen LogP contribution is 2.20. The second-order valence-corrected chi connectivity index (χ2v) is 11.2. The number of ether oxygens (including phenoxy) is 1. The van der Waals surface area contributed by atoms with Crippen LogP contribution in [0.4, 0.5) is 0 Å². The molecule has 3 nitrogen and oxygen atoms in total. The van der Waals surface area contributed by atoms with Crippen LogP contribution < -0.4 is 4.74 Å². The Labute approximate surface area is 106 Å². The van der Waals surface area contributed by atoms with Crippen LogP contribution in [0, 0.1) is 6.92 Å². The molecule has 0 aliphatic heterocycles. The number of aromatic nitrogens is 2. The van der Waals surface area contributed by atoms with E-state index in [0.717, 1.165) is 18.1 Å². The van der Waals surface area contributed by atoms with Crippen LogP contribution in [0.5, 0.6) is 5.88 Å². The fraction of sp³-hybridized carbons (Fsp3) is 0.769. The van der Waals surface area contributed by atoms with Crippen LogP contribution in [0.2, 0.25) is 19.6 Å². The van der Waals surface area contributed by atoms with Crippen molar-refractivity contribution < 1.29 is 4.74 Å². The zero-order valence-electron chi connectivity index (χ0n) is 11.8. The minimum absolute atomic E-state index is 0.372. The zero-order valence-corrected chi connectivity index (χ0v) is 12.8. The Morgan fingerprint density at radius 3 is 2.53 bits per heavy atom. The Bertz CT molecular complexity index is 330. The minimum Gasteiger partial charge on any atom is -0.477 e. The molecule has 0 aliphatic carbocycles. The van der Waals surface area contributed by atoms with Crippen LogP contribution in [0.15, 0.2) is 6.20 Å². The van der Waals surface area contributed by atoms with Gasteiger partial charge in [-0.05, 0) is 13.3 Å². The second kappa shape index (κ2) is 6.24. The molecule has 0 saturated heterocycles. The summed E-state index contributed by atoms with van der Waals surface area (Å²) >= 11 is 0. The lowest BCUT2D eigenvalue weighted by molar-refractivity contribution is 0.244. The van der Waals surface area contributed by atoms with Gasteiger partial charge in [0.1, 0.15) is 5.82 Å². The quantitative estimate of drug-likeness (QED) is 0.591. The van der Waals surface area contributed by atoms with Gasteiger partial charge in [-0.1, -0.05) is 45.8 Å². The molecule has 0 aliphatic rings. The summed E-state index contributed by atoms with van der Waals surface area (Å²) in [6, 6.07) is 0. The Hall–Kier alpha value is -0.773. The highest BCUT2D eigenvalue weighted by molar-refractivity contribution is 6.77. The van der Waals surface area contributed by atoms with Crippen molar-refractivity contribution in [1.82, 2.24) is 9.97 Å². The maximum absolute atomic E-state index is 6.07. The fourth-order valence-corrected chi connectivity index (χ4v) is 3.40. The number of unbranched alkanes of at least 4 members (excludes halogenated alkanes) is 2.